The van der Waals surface area contributed by atoms with Crippen molar-refractivity contribution in [1.82, 2.24) is 15.2 Å². The Morgan fingerprint density at radius 1 is 1.09 bits per heavy atom. The van der Waals surface area contributed by atoms with Crippen molar-refractivity contribution >= 4 is 22.9 Å². The summed E-state index contributed by atoms with van der Waals surface area (Å²) in [6.07, 6.45) is 1.60. The molecule has 0 bridgehead atoms. The molecule has 3 aromatic heterocycles. The van der Waals surface area contributed by atoms with E-state index in [9.17, 15) is 0 Å². The minimum atomic E-state index is 0.450. The third kappa shape index (κ3) is 2.39. The maximum atomic E-state index is 5.65. The number of nitrogens with zero attached hydrogens (tertiary/aromatic N) is 3. The number of aromatic nitrogens is 3. The monoisotopic (exact) mass is 313 g/mol. The van der Waals surface area contributed by atoms with Gasteiger partial charge in [0, 0.05) is 0 Å². The van der Waals surface area contributed by atoms with Gasteiger partial charge in [-0.2, -0.15) is 0 Å². The molecule has 110 valence electrons. The molecule has 0 N–H and O–H groups in total. The largest absolute Gasteiger partial charge is 0.469 e. The maximum Gasteiger partial charge on any atom is 0.277 e. The second-order valence-electron chi connectivity index (χ2n) is 4.63. The van der Waals surface area contributed by atoms with Gasteiger partial charge in [0.15, 0.2) is 5.58 Å². The number of aryl methyl sites for hydroxylation is 1. The number of oxazole rings is 1. The summed E-state index contributed by atoms with van der Waals surface area (Å²) in [5.74, 6) is 2.36. The Balaban J connectivity index is 1.50. The Labute approximate surface area is 129 Å². The number of thioether (sulfide) groups is 1. The van der Waals surface area contributed by atoms with Crippen molar-refractivity contribution < 1.29 is 13.3 Å². The maximum absolute atomic E-state index is 5.65. The Morgan fingerprint density at radius 2 is 2.00 bits per heavy atom. The van der Waals surface area contributed by atoms with Crippen LogP contribution >= 0.6 is 11.8 Å². The predicted octanol–water partition coefficient (Wildman–Crippen LogP) is 4.07. The van der Waals surface area contributed by atoms with Gasteiger partial charge in [0.25, 0.3) is 11.1 Å². The molecular weight excluding hydrogens is 302 g/mol. The lowest BCUT2D eigenvalue weighted by atomic mass is 10.3. The van der Waals surface area contributed by atoms with Crippen LogP contribution in [0.25, 0.3) is 22.6 Å². The summed E-state index contributed by atoms with van der Waals surface area (Å²) in [6, 6.07) is 9.46. The van der Waals surface area contributed by atoms with E-state index in [1.807, 2.05) is 31.2 Å². The molecular formula is C15H11N3O3S. The second-order valence-corrected chi connectivity index (χ2v) is 5.55. The zero-order chi connectivity index (χ0) is 14.9. The SMILES string of the molecule is Cc1occc1-c1nnc(SCc2nc3ccccc3o2)o1. The second kappa shape index (κ2) is 5.34. The molecule has 0 saturated carbocycles. The first-order valence-corrected chi connectivity index (χ1v) is 7.63. The van der Waals surface area contributed by atoms with Crippen LogP contribution in [-0.4, -0.2) is 15.2 Å². The third-order valence-corrected chi connectivity index (χ3v) is 3.96. The molecule has 22 heavy (non-hydrogen) atoms. The molecule has 0 atom stereocenters. The number of benzene rings is 1. The fraction of sp³-hybridized carbons (Fsp3) is 0.133. The minimum absolute atomic E-state index is 0.450. The van der Waals surface area contributed by atoms with Gasteiger partial charge in [0.2, 0.25) is 5.89 Å². The van der Waals surface area contributed by atoms with Crippen molar-refractivity contribution in [2.75, 3.05) is 0 Å². The first-order chi connectivity index (χ1) is 10.8. The molecule has 4 rings (SSSR count). The van der Waals surface area contributed by atoms with E-state index in [1.54, 1.807) is 12.3 Å². The highest BCUT2D eigenvalue weighted by Crippen LogP contribution is 2.28. The number of rotatable bonds is 4. The number of fused-ring (bicyclic) bond motifs is 1. The summed E-state index contributed by atoms with van der Waals surface area (Å²) in [5.41, 5.74) is 2.43. The lowest BCUT2D eigenvalue weighted by Crippen LogP contribution is -1.79. The van der Waals surface area contributed by atoms with Gasteiger partial charge in [-0.15, -0.1) is 10.2 Å². The lowest BCUT2D eigenvalue weighted by molar-refractivity contribution is 0.462. The van der Waals surface area contributed by atoms with E-state index >= 15 is 0 Å². The third-order valence-electron chi connectivity index (χ3n) is 3.15. The summed E-state index contributed by atoms with van der Waals surface area (Å²) in [4.78, 5) is 4.41. The van der Waals surface area contributed by atoms with Crippen molar-refractivity contribution in [3.8, 4) is 11.5 Å². The number of hydrogen-bond acceptors (Lipinski definition) is 7. The standard InChI is InChI=1S/C15H11N3O3S/c1-9-10(6-7-19-9)14-17-18-15(21-14)22-8-13-16-11-4-2-3-5-12(11)20-13/h2-7H,8H2,1H3. The van der Waals surface area contributed by atoms with Crippen molar-refractivity contribution in [2.24, 2.45) is 0 Å². The van der Waals surface area contributed by atoms with Crippen LogP contribution in [0, 0.1) is 6.92 Å². The summed E-state index contributed by atoms with van der Waals surface area (Å²) in [5, 5.41) is 8.51. The fourth-order valence-electron chi connectivity index (χ4n) is 2.09. The van der Waals surface area contributed by atoms with Crippen LogP contribution in [-0.2, 0) is 5.75 Å². The molecule has 1 aromatic carbocycles. The topological polar surface area (TPSA) is 78.1 Å². The van der Waals surface area contributed by atoms with E-state index in [0.717, 1.165) is 22.4 Å². The Kier molecular flexibility index (Phi) is 3.19. The Bertz CT molecular complexity index is 892. The van der Waals surface area contributed by atoms with Gasteiger partial charge in [0.1, 0.15) is 11.3 Å². The van der Waals surface area contributed by atoms with Crippen LogP contribution in [0.1, 0.15) is 11.7 Å². The van der Waals surface area contributed by atoms with E-state index in [2.05, 4.69) is 15.2 Å². The number of para-hydroxylation sites is 2. The van der Waals surface area contributed by atoms with Gasteiger partial charge in [-0.1, -0.05) is 23.9 Å². The van der Waals surface area contributed by atoms with Crippen molar-refractivity contribution in [1.29, 1.82) is 0 Å². The molecule has 0 unspecified atom stereocenters. The summed E-state index contributed by atoms with van der Waals surface area (Å²) >= 11 is 1.39. The zero-order valence-electron chi connectivity index (χ0n) is 11.6. The summed E-state index contributed by atoms with van der Waals surface area (Å²) in [6.45, 7) is 1.85. The molecule has 6 nitrogen and oxygen atoms in total. The van der Waals surface area contributed by atoms with Gasteiger partial charge in [-0.3, -0.25) is 0 Å². The predicted molar refractivity (Wildman–Crippen MR) is 80.3 cm³/mol. The average Bonchev–Trinajstić information content (AvgIpc) is 3.23. The van der Waals surface area contributed by atoms with E-state index in [4.69, 9.17) is 13.3 Å². The highest BCUT2D eigenvalue weighted by Gasteiger charge is 2.14. The molecule has 0 aliphatic carbocycles. The van der Waals surface area contributed by atoms with Crippen molar-refractivity contribution in [2.45, 2.75) is 17.9 Å². The Hall–Kier alpha value is -2.54. The molecule has 0 fully saturated rings. The number of hydrogen-bond donors (Lipinski definition) is 0. The van der Waals surface area contributed by atoms with Crippen LogP contribution in [0.3, 0.4) is 0 Å². The van der Waals surface area contributed by atoms with Gasteiger partial charge >= 0.3 is 0 Å². The van der Waals surface area contributed by atoms with Crippen molar-refractivity contribution in [3.63, 3.8) is 0 Å². The van der Waals surface area contributed by atoms with E-state index < -0.39 is 0 Å². The normalized spacial score (nSPS) is 11.3. The molecule has 0 aliphatic rings. The van der Waals surface area contributed by atoms with E-state index in [1.165, 1.54) is 11.8 Å². The molecule has 4 aromatic rings. The zero-order valence-corrected chi connectivity index (χ0v) is 12.5. The molecule has 0 amide bonds. The van der Waals surface area contributed by atoms with Crippen LogP contribution in [0.15, 0.2) is 55.1 Å². The van der Waals surface area contributed by atoms with Gasteiger partial charge < -0.3 is 13.3 Å². The van der Waals surface area contributed by atoms with Gasteiger partial charge in [0.05, 0.1) is 17.6 Å². The Morgan fingerprint density at radius 3 is 2.82 bits per heavy atom. The lowest BCUT2D eigenvalue weighted by Gasteiger charge is -1.91. The average molecular weight is 313 g/mol. The number of furan rings is 1. The fourth-order valence-corrected chi connectivity index (χ4v) is 2.70. The molecule has 3 heterocycles. The van der Waals surface area contributed by atoms with Gasteiger partial charge in [-0.05, 0) is 25.1 Å². The summed E-state index contributed by atoms with van der Waals surface area (Å²) < 4.78 is 16.5. The summed E-state index contributed by atoms with van der Waals surface area (Å²) in [7, 11) is 0. The molecule has 7 heteroatoms. The van der Waals surface area contributed by atoms with E-state index in [0.29, 0.717) is 22.8 Å². The van der Waals surface area contributed by atoms with Gasteiger partial charge in [-0.25, -0.2) is 4.98 Å². The smallest absolute Gasteiger partial charge is 0.277 e. The molecule has 0 radical (unpaired) electrons. The van der Waals surface area contributed by atoms with Crippen LogP contribution in [0.2, 0.25) is 0 Å². The van der Waals surface area contributed by atoms with E-state index in [-0.39, 0.29) is 0 Å². The van der Waals surface area contributed by atoms with Crippen LogP contribution in [0.4, 0.5) is 0 Å². The van der Waals surface area contributed by atoms with Crippen molar-refractivity contribution in [3.05, 3.63) is 48.2 Å². The first-order valence-electron chi connectivity index (χ1n) is 6.65. The molecule has 0 saturated heterocycles. The molecule has 0 spiro atoms. The first kappa shape index (κ1) is 13.1. The van der Waals surface area contributed by atoms with Crippen LogP contribution in [0.5, 0.6) is 0 Å². The molecule has 0 aliphatic heterocycles. The van der Waals surface area contributed by atoms with Crippen LogP contribution < -0.4 is 0 Å². The highest BCUT2D eigenvalue weighted by molar-refractivity contribution is 7.98. The minimum Gasteiger partial charge on any atom is -0.469 e. The highest BCUT2D eigenvalue weighted by atomic mass is 32.2. The quantitative estimate of drug-likeness (QED) is 0.525.